The zero-order chi connectivity index (χ0) is 24.8. The number of carbonyl (C=O) groups excluding carboxylic acids is 1. The van der Waals surface area contributed by atoms with Crippen LogP contribution in [0.15, 0.2) is 88.9 Å². The Balaban J connectivity index is 1.63. The Hall–Kier alpha value is -4.08. The van der Waals surface area contributed by atoms with Gasteiger partial charge in [0.25, 0.3) is 5.91 Å². The van der Waals surface area contributed by atoms with Gasteiger partial charge >= 0.3 is 0 Å². The third kappa shape index (κ3) is 5.71. The molecule has 6 heteroatoms. The standard InChI is InChI=1S/C29H23BrN2O3/c1-19-7-8-20-5-3-4-6-26(20)27(19)18-35-28-16-25(34-2)14-9-21(28)15-22(17-31)29(33)32-24-12-10-23(30)11-13-24/h3-16H,18H2,1-2H3,(H,32,33)/b22-15+. The van der Waals surface area contributed by atoms with E-state index in [1.54, 1.807) is 37.4 Å². The molecule has 0 aliphatic rings. The first-order valence-corrected chi connectivity index (χ1v) is 11.7. The summed E-state index contributed by atoms with van der Waals surface area (Å²) in [5.41, 5.74) is 3.36. The normalized spacial score (nSPS) is 11.1. The quantitative estimate of drug-likeness (QED) is 0.207. The van der Waals surface area contributed by atoms with Crippen LogP contribution in [0.25, 0.3) is 16.8 Å². The molecule has 0 bridgehead atoms. The second-order valence-corrected chi connectivity index (χ2v) is 8.82. The summed E-state index contributed by atoms with van der Waals surface area (Å²) in [6.45, 7) is 2.38. The molecule has 0 fully saturated rings. The average Bonchev–Trinajstić information content (AvgIpc) is 2.88. The molecule has 5 nitrogen and oxygen atoms in total. The summed E-state index contributed by atoms with van der Waals surface area (Å²) in [5.74, 6) is 0.631. The second-order valence-electron chi connectivity index (χ2n) is 7.91. The molecule has 0 aliphatic heterocycles. The Morgan fingerprint density at radius 3 is 2.57 bits per heavy atom. The van der Waals surface area contributed by atoms with E-state index >= 15 is 0 Å². The molecule has 0 radical (unpaired) electrons. The van der Waals surface area contributed by atoms with Crippen LogP contribution < -0.4 is 14.8 Å². The summed E-state index contributed by atoms with van der Waals surface area (Å²) in [7, 11) is 1.58. The van der Waals surface area contributed by atoms with Crippen molar-refractivity contribution in [2.24, 2.45) is 0 Å². The number of amides is 1. The van der Waals surface area contributed by atoms with Gasteiger partial charge in [0, 0.05) is 27.4 Å². The Bertz CT molecular complexity index is 1450. The van der Waals surface area contributed by atoms with Crippen molar-refractivity contribution in [3.63, 3.8) is 0 Å². The number of fused-ring (bicyclic) bond motifs is 1. The minimum atomic E-state index is -0.499. The largest absolute Gasteiger partial charge is 0.497 e. The molecule has 4 aromatic rings. The van der Waals surface area contributed by atoms with Crippen molar-refractivity contribution in [1.82, 2.24) is 0 Å². The maximum Gasteiger partial charge on any atom is 0.266 e. The van der Waals surface area contributed by atoms with Gasteiger partial charge in [0.05, 0.1) is 7.11 Å². The lowest BCUT2D eigenvalue weighted by molar-refractivity contribution is -0.112. The predicted molar refractivity (Wildman–Crippen MR) is 142 cm³/mol. The number of halogens is 1. The SMILES string of the molecule is COc1ccc(/C=C(\C#N)C(=O)Nc2ccc(Br)cc2)c(OCc2c(C)ccc3ccccc23)c1. The van der Waals surface area contributed by atoms with Crippen molar-refractivity contribution in [2.75, 3.05) is 12.4 Å². The number of nitrogens with zero attached hydrogens (tertiary/aromatic N) is 1. The fourth-order valence-electron chi connectivity index (χ4n) is 3.71. The van der Waals surface area contributed by atoms with Crippen LogP contribution in [-0.2, 0) is 11.4 Å². The minimum absolute atomic E-state index is 0.0377. The summed E-state index contributed by atoms with van der Waals surface area (Å²) in [5, 5.41) is 14.7. The van der Waals surface area contributed by atoms with E-state index in [1.165, 1.54) is 6.08 Å². The highest BCUT2D eigenvalue weighted by atomic mass is 79.9. The van der Waals surface area contributed by atoms with Crippen LogP contribution >= 0.6 is 15.9 Å². The first-order valence-electron chi connectivity index (χ1n) is 11.0. The van der Waals surface area contributed by atoms with Crippen molar-refractivity contribution in [3.8, 4) is 17.6 Å². The van der Waals surface area contributed by atoms with Crippen molar-refractivity contribution in [2.45, 2.75) is 13.5 Å². The van der Waals surface area contributed by atoms with Crippen LogP contribution in [0.1, 0.15) is 16.7 Å². The van der Waals surface area contributed by atoms with Gasteiger partial charge < -0.3 is 14.8 Å². The van der Waals surface area contributed by atoms with Gasteiger partial charge in [0.15, 0.2) is 0 Å². The van der Waals surface area contributed by atoms with Gasteiger partial charge in [-0.15, -0.1) is 0 Å². The zero-order valence-electron chi connectivity index (χ0n) is 19.3. The fourth-order valence-corrected chi connectivity index (χ4v) is 3.97. The maximum absolute atomic E-state index is 12.8. The van der Waals surface area contributed by atoms with Crippen molar-refractivity contribution in [1.29, 1.82) is 5.26 Å². The molecule has 0 unspecified atom stereocenters. The number of ether oxygens (including phenoxy) is 2. The van der Waals surface area contributed by atoms with E-state index in [4.69, 9.17) is 9.47 Å². The summed E-state index contributed by atoms with van der Waals surface area (Å²) in [6, 6.07) is 26.8. The molecule has 0 saturated heterocycles. The third-order valence-electron chi connectivity index (χ3n) is 5.63. The number of hydrogen-bond donors (Lipinski definition) is 1. The molecule has 0 saturated carbocycles. The van der Waals surface area contributed by atoms with E-state index in [1.807, 2.05) is 30.3 Å². The van der Waals surface area contributed by atoms with Crippen LogP contribution in [0.4, 0.5) is 5.69 Å². The maximum atomic E-state index is 12.8. The molecule has 1 amide bonds. The van der Waals surface area contributed by atoms with Gasteiger partial charge in [-0.05, 0) is 65.7 Å². The highest BCUT2D eigenvalue weighted by Gasteiger charge is 2.13. The van der Waals surface area contributed by atoms with Gasteiger partial charge in [0.2, 0.25) is 0 Å². The Kier molecular flexibility index (Phi) is 7.49. The van der Waals surface area contributed by atoms with Crippen LogP contribution in [0, 0.1) is 18.3 Å². The zero-order valence-corrected chi connectivity index (χ0v) is 20.9. The van der Waals surface area contributed by atoms with E-state index in [0.29, 0.717) is 29.4 Å². The molecular formula is C29H23BrN2O3. The lowest BCUT2D eigenvalue weighted by Gasteiger charge is -2.15. The fraction of sp³-hybridized carbons (Fsp3) is 0.103. The molecule has 0 aromatic heterocycles. The van der Waals surface area contributed by atoms with Gasteiger partial charge in [-0.25, -0.2) is 0 Å². The Labute approximate surface area is 212 Å². The minimum Gasteiger partial charge on any atom is -0.497 e. The molecule has 174 valence electrons. The lowest BCUT2D eigenvalue weighted by atomic mass is 10.0. The number of carbonyl (C=O) groups is 1. The number of nitriles is 1. The summed E-state index contributed by atoms with van der Waals surface area (Å²) >= 11 is 3.37. The first kappa shape index (κ1) is 24.1. The van der Waals surface area contributed by atoms with Gasteiger partial charge in [0.1, 0.15) is 29.7 Å². The summed E-state index contributed by atoms with van der Waals surface area (Å²) in [4.78, 5) is 12.8. The number of methoxy groups -OCH3 is 1. The van der Waals surface area contributed by atoms with Crippen LogP contribution in [0.2, 0.25) is 0 Å². The topological polar surface area (TPSA) is 71.3 Å². The summed E-state index contributed by atoms with van der Waals surface area (Å²) < 4.78 is 12.5. The van der Waals surface area contributed by atoms with E-state index < -0.39 is 5.91 Å². The molecule has 0 heterocycles. The van der Waals surface area contributed by atoms with E-state index in [2.05, 4.69) is 52.4 Å². The molecule has 4 aromatic carbocycles. The second kappa shape index (κ2) is 10.9. The van der Waals surface area contributed by atoms with Gasteiger partial charge in [-0.1, -0.05) is 52.3 Å². The summed E-state index contributed by atoms with van der Waals surface area (Å²) in [6.07, 6.45) is 1.53. The first-order chi connectivity index (χ1) is 17.0. The lowest BCUT2D eigenvalue weighted by Crippen LogP contribution is -2.13. The molecular weight excluding hydrogens is 504 g/mol. The number of hydrogen-bond acceptors (Lipinski definition) is 4. The van der Waals surface area contributed by atoms with Crippen molar-refractivity contribution < 1.29 is 14.3 Å². The van der Waals surface area contributed by atoms with Gasteiger partial charge in [-0.2, -0.15) is 5.26 Å². The van der Waals surface area contributed by atoms with Gasteiger partial charge in [-0.3, -0.25) is 4.79 Å². The van der Waals surface area contributed by atoms with Crippen LogP contribution in [0.3, 0.4) is 0 Å². The van der Waals surface area contributed by atoms with E-state index in [-0.39, 0.29) is 5.57 Å². The average molecular weight is 527 g/mol. The predicted octanol–water partition coefficient (Wildman–Crippen LogP) is 7.04. The smallest absolute Gasteiger partial charge is 0.266 e. The third-order valence-corrected chi connectivity index (χ3v) is 6.16. The van der Waals surface area contributed by atoms with Crippen LogP contribution in [0.5, 0.6) is 11.5 Å². The number of nitrogens with one attached hydrogen (secondary N) is 1. The highest BCUT2D eigenvalue weighted by Crippen LogP contribution is 2.30. The van der Waals surface area contributed by atoms with E-state index in [9.17, 15) is 10.1 Å². The van der Waals surface area contributed by atoms with Crippen molar-refractivity contribution in [3.05, 3.63) is 106 Å². The molecule has 0 aliphatic carbocycles. The van der Waals surface area contributed by atoms with Crippen LogP contribution in [-0.4, -0.2) is 13.0 Å². The molecule has 0 atom stereocenters. The number of anilines is 1. The Morgan fingerprint density at radius 1 is 1.06 bits per heavy atom. The number of rotatable bonds is 7. The number of benzene rings is 4. The Morgan fingerprint density at radius 2 is 1.83 bits per heavy atom. The highest BCUT2D eigenvalue weighted by molar-refractivity contribution is 9.10. The molecule has 0 spiro atoms. The number of aryl methyl sites for hydroxylation is 1. The van der Waals surface area contributed by atoms with E-state index in [0.717, 1.165) is 26.4 Å². The molecule has 1 N–H and O–H groups in total. The van der Waals surface area contributed by atoms with Crippen molar-refractivity contribution >= 4 is 44.4 Å². The molecule has 35 heavy (non-hydrogen) atoms. The monoisotopic (exact) mass is 526 g/mol. The molecule has 4 rings (SSSR count).